The predicted octanol–water partition coefficient (Wildman–Crippen LogP) is 0.934. The van der Waals surface area contributed by atoms with E-state index in [1.165, 1.54) is 5.56 Å². The number of hydrogen-bond donors (Lipinski definition) is 2. The standard InChI is InChI=1S/C12H18N2O2S/c1-9-2-4-10(5-3-9)12(14-13)11-6-7-17(15,16)8-11/h2-5,11-12,14H,6-8,13H2,1H3. The van der Waals surface area contributed by atoms with Crippen LogP contribution in [0.4, 0.5) is 0 Å². The molecule has 1 aliphatic rings. The van der Waals surface area contributed by atoms with Crippen LogP contribution in [0.1, 0.15) is 23.6 Å². The van der Waals surface area contributed by atoms with E-state index in [2.05, 4.69) is 5.43 Å². The zero-order valence-electron chi connectivity index (χ0n) is 9.89. The Morgan fingerprint density at radius 2 is 2.00 bits per heavy atom. The Hall–Kier alpha value is -0.910. The van der Waals surface area contributed by atoms with Crippen LogP contribution in [0.25, 0.3) is 0 Å². The van der Waals surface area contributed by atoms with Crippen LogP contribution in [0.5, 0.6) is 0 Å². The maximum absolute atomic E-state index is 11.5. The van der Waals surface area contributed by atoms with Gasteiger partial charge in [0.15, 0.2) is 9.84 Å². The first-order chi connectivity index (χ1) is 8.02. The summed E-state index contributed by atoms with van der Waals surface area (Å²) in [5.41, 5.74) is 4.99. The van der Waals surface area contributed by atoms with Crippen LogP contribution in [0, 0.1) is 12.8 Å². The lowest BCUT2D eigenvalue weighted by Crippen LogP contribution is -2.34. The van der Waals surface area contributed by atoms with Crippen LogP contribution < -0.4 is 11.3 Å². The highest BCUT2D eigenvalue weighted by Crippen LogP contribution is 2.30. The van der Waals surface area contributed by atoms with Crippen molar-refractivity contribution in [2.24, 2.45) is 11.8 Å². The fourth-order valence-electron chi connectivity index (χ4n) is 2.36. The van der Waals surface area contributed by atoms with Crippen molar-refractivity contribution >= 4 is 9.84 Å². The van der Waals surface area contributed by atoms with E-state index < -0.39 is 9.84 Å². The summed E-state index contributed by atoms with van der Waals surface area (Å²) in [6.45, 7) is 2.02. The Labute approximate surface area is 102 Å². The van der Waals surface area contributed by atoms with Gasteiger partial charge in [0.2, 0.25) is 0 Å². The highest BCUT2D eigenvalue weighted by atomic mass is 32.2. The smallest absolute Gasteiger partial charge is 0.150 e. The second-order valence-electron chi connectivity index (χ2n) is 4.72. The van der Waals surface area contributed by atoms with Gasteiger partial charge in [-0.15, -0.1) is 0 Å². The van der Waals surface area contributed by atoms with Gasteiger partial charge >= 0.3 is 0 Å². The Kier molecular flexibility index (Phi) is 3.51. The Balaban J connectivity index is 2.20. The minimum atomic E-state index is -2.86. The van der Waals surface area contributed by atoms with Gasteiger partial charge in [0, 0.05) is 6.04 Å². The highest BCUT2D eigenvalue weighted by molar-refractivity contribution is 7.91. The van der Waals surface area contributed by atoms with Crippen molar-refractivity contribution in [3.63, 3.8) is 0 Å². The average Bonchev–Trinajstić information content (AvgIpc) is 2.63. The molecule has 2 rings (SSSR count). The van der Waals surface area contributed by atoms with Crippen LogP contribution >= 0.6 is 0 Å². The molecule has 1 aliphatic heterocycles. The zero-order chi connectivity index (χ0) is 12.5. The third kappa shape index (κ3) is 2.86. The van der Waals surface area contributed by atoms with Crippen molar-refractivity contribution in [2.75, 3.05) is 11.5 Å². The molecular weight excluding hydrogens is 236 g/mol. The van der Waals surface area contributed by atoms with Gasteiger partial charge in [0.25, 0.3) is 0 Å². The van der Waals surface area contributed by atoms with E-state index in [1.807, 2.05) is 31.2 Å². The molecule has 4 nitrogen and oxygen atoms in total. The summed E-state index contributed by atoms with van der Waals surface area (Å²) in [7, 11) is -2.86. The number of nitrogens with one attached hydrogen (secondary N) is 1. The summed E-state index contributed by atoms with van der Waals surface area (Å²) in [5, 5.41) is 0. The Morgan fingerprint density at radius 1 is 1.35 bits per heavy atom. The van der Waals surface area contributed by atoms with E-state index in [0.29, 0.717) is 6.42 Å². The molecule has 2 unspecified atom stereocenters. The number of rotatable bonds is 3. The monoisotopic (exact) mass is 254 g/mol. The average molecular weight is 254 g/mol. The quantitative estimate of drug-likeness (QED) is 0.622. The molecule has 1 fully saturated rings. The van der Waals surface area contributed by atoms with Gasteiger partial charge in [0.05, 0.1) is 11.5 Å². The third-order valence-electron chi connectivity index (χ3n) is 3.36. The first-order valence-corrected chi connectivity index (χ1v) is 7.57. The van der Waals surface area contributed by atoms with Gasteiger partial charge in [-0.05, 0) is 24.8 Å². The van der Waals surface area contributed by atoms with Crippen molar-refractivity contribution in [1.82, 2.24) is 5.43 Å². The molecule has 17 heavy (non-hydrogen) atoms. The van der Waals surface area contributed by atoms with E-state index >= 15 is 0 Å². The molecule has 0 amide bonds. The van der Waals surface area contributed by atoms with Gasteiger partial charge in [-0.1, -0.05) is 29.8 Å². The zero-order valence-corrected chi connectivity index (χ0v) is 10.7. The van der Waals surface area contributed by atoms with Crippen LogP contribution in [-0.2, 0) is 9.84 Å². The highest BCUT2D eigenvalue weighted by Gasteiger charge is 2.33. The van der Waals surface area contributed by atoms with Crippen molar-refractivity contribution < 1.29 is 8.42 Å². The Bertz CT molecular complexity index is 482. The van der Waals surface area contributed by atoms with E-state index in [9.17, 15) is 8.42 Å². The second kappa shape index (κ2) is 4.76. The van der Waals surface area contributed by atoms with E-state index in [1.54, 1.807) is 0 Å². The van der Waals surface area contributed by atoms with Crippen molar-refractivity contribution in [3.05, 3.63) is 35.4 Å². The maximum Gasteiger partial charge on any atom is 0.150 e. The van der Waals surface area contributed by atoms with Gasteiger partial charge in [0.1, 0.15) is 0 Å². The van der Waals surface area contributed by atoms with Crippen molar-refractivity contribution in [3.8, 4) is 0 Å². The lowest BCUT2D eigenvalue weighted by molar-refractivity contribution is 0.399. The SMILES string of the molecule is Cc1ccc(C(NN)C2CCS(=O)(=O)C2)cc1. The lowest BCUT2D eigenvalue weighted by Gasteiger charge is -2.22. The number of sulfone groups is 1. The largest absolute Gasteiger partial charge is 0.271 e. The minimum absolute atomic E-state index is 0.0760. The summed E-state index contributed by atoms with van der Waals surface area (Å²) in [6.07, 6.45) is 0.686. The first-order valence-electron chi connectivity index (χ1n) is 5.75. The molecule has 0 spiro atoms. The number of hydrazine groups is 1. The van der Waals surface area contributed by atoms with Crippen LogP contribution in [-0.4, -0.2) is 19.9 Å². The van der Waals surface area contributed by atoms with Gasteiger partial charge < -0.3 is 0 Å². The molecule has 5 heteroatoms. The molecule has 0 radical (unpaired) electrons. The maximum atomic E-state index is 11.5. The molecule has 3 N–H and O–H groups in total. The molecule has 94 valence electrons. The second-order valence-corrected chi connectivity index (χ2v) is 6.95. The molecule has 0 aliphatic carbocycles. The fourth-order valence-corrected chi connectivity index (χ4v) is 4.20. The number of aryl methyl sites for hydroxylation is 1. The Morgan fingerprint density at radius 3 is 2.47 bits per heavy atom. The number of benzene rings is 1. The topological polar surface area (TPSA) is 72.2 Å². The van der Waals surface area contributed by atoms with E-state index in [4.69, 9.17) is 5.84 Å². The fraction of sp³-hybridized carbons (Fsp3) is 0.500. The molecule has 0 aromatic heterocycles. The molecule has 1 aromatic rings. The summed E-state index contributed by atoms with van der Waals surface area (Å²) < 4.78 is 23.0. The number of nitrogens with two attached hydrogens (primary N) is 1. The van der Waals surface area contributed by atoms with Crippen LogP contribution in [0.2, 0.25) is 0 Å². The molecule has 0 bridgehead atoms. The van der Waals surface area contributed by atoms with Crippen molar-refractivity contribution in [1.29, 1.82) is 0 Å². The predicted molar refractivity (Wildman–Crippen MR) is 68.0 cm³/mol. The van der Waals surface area contributed by atoms with Gasteiger partial charge in [-0.2, -0.15) is 0 Å². The summed E-state index contributed by atoms with van der Waals surface area (Å²) >= 11 is 0. The van der Waals surface area contributed by atoms with Gasteiger partial charge in [-0.3, -0.25) is 11.3 Å². The number of hydrogen-bond acceptors (Lipinski definition) is 4. The molecule has 2 atom stereocenters. The lowest BCUT2D eigenvalue weighted by atomic mass is 9.92. The summed E-state index contributed by atoms with van der Waals surface area (Å²) in [4.78, 5) is 0. The van der Waals surface area contributed by atoms with Crippen LogP contribution in [0.3, 0.4) is 0 Å². The summed E-state index contributed by atoms with van der Waals surface area (Å²) in [5.74, 6) is 6.15. The minimum Gasteiger partial charge on any atom is -0.271 e. The first kappa shape index (κ1) is 12.5. The molecule has 1 aromatic carbocycles. The molecule has 0 saturated carbocycles. The van der Waals surface area contributed by atoms with E-state index in [0.717, 1.165) is 5.56 Å². The van der Waals surface area contributed by atoms with E-state index in [-0.39, 0.29) is 23.5 Å². The van der Waals surface area contributed by atoms with Crippen molar-refractivity contribution in [2.45, 2.75) is 19.4 Å². The molecule has 1 saturated heterocycles. The molecule has 1 heterocycles. The summed E-state index contributed by atoms with van der Waals surface area (Å²) in [6, 6.07) is 7.97. The van der Waals surface area contributed by atoms with Gasteiger partial charge in [-0.25, -0.2) is 8.42 Å². The normalized spacial score (nSPS) is 24.7. The molecular formula is C12H18N2O2S. The van der Waals surface area contributed by atoms with Crippen LogP contribution in [0.15, 0.2) is 24.3 Å². The third-order valence-corrected chi connectivity index (χ3v) is 5.15.